The number of aryl methyl sites for hydroxylation is 1. The Morgan fingerprint density at radius 3 is 2.49 bits per heavy atom. The van der Waals surface area contributed by atoms with Crippen LogP contribution < -0.4 is 23.7 Å². The maximum Gasteiger partial charge on any atom is 0.279 e. The van der Waals surface area contributed by atoms with Gasteiger partial charge in [0.2, 0.25) is 0 Å². The minimum absolute atomic E-state index is 0.0765. The molecule has 9 nitrogen and oxygen atoms in total. The molecule has 1 aromatic heterocycles. The standard InChI is InChI=1S/C24H21N3O6S2/c1-27-19-13-20-21(33-11-10-32-20)14-22(19)34-24(27)25-23(28)15-4-3-5-16(12-15)26-35(29,30)18-8-6-17(31-2)7-9-18/h3-9,12-14,26H,10-11H2,1-2H3. The maximum atomic E-state index is 12.9. The highest BCUT2D eigenvalue weighted by molar-refractivity contribution is 7.92. The number of amides is 1. The van der Waals surface area contributed by atoms with Gasteiger partial charge >= 0.3 is 0 Å². The monoisotopic (exact) mass is 511 g/mol. The molecule has 0 saturated heterocycles. The lowest BCUT2D eigenvalue weighted by molar-refractivity contribution is 0.0998. The van der Waals surface area contributed by atoms with Gasteiger partial charge in [0, 0.05) is 30.4 Å². The number of thiazole rings is 1. The van der Waals surface area contributed by atoms with Crippen LogP contribution in [0.5, 0.6) is 17.2 Å². The van der Waals surface area contributed by atoms with Gasteiger partial charge in [0.15, 0.2) is 16.3 Å². The first kappa shape index (κ1) is 22.9. The number of nitrogens with one attached hydrogen (secondary N) is 1. The van der Waals surface area contributed by atoms with Crippen LogP contribution in [0.3, 0.4) is 0 Å². The summed E-state index contributed by atoms with van der Waals surface area (Å²) in [6.07, 6.45) is 0. The van der Waals surface area contributed by atoms with Gasteiger partial charge in [-0.3, -0.25) is 9.52 Å². The van der Waals surface area contributed by atoms with Crippen LogP contribution in [-0.2, 0) is 17.1 Å². The van der Waals surface area contributed by atoms with Crippen LogP contribution in [0.25, 0.3) is 10.2 Å². The van der Waals surface area contributed by atoms with Crippen molar-refractivity contribution >= 4 is 43.2 Å². The van der Waals surface area contributed by atoms with Crippen molar-refractivity contribution in [2.24, 2.45) is 12.0 Å². The smallest absolute Gasteiger partial charge is 0.279 e. The number of aromatic nitrogens is 1. The number of ether oxygens (including phenoxy) is 3. The van der Waals surface area contributed by atoms with E-state index < -0.39 is 15.9 Å². The highest BCUT2D eigenvalue weighted by Crippen LogP contribution is 2.35. The van der Waals surface area contributed by atoms with E-state index in [-0.39, 0.29) is 16.1 Å². The molecule has 0 unspecified atom stereocenters. The lowest BCUT2D eigenvalue weighted by Gasteiger charge is -2.18. The van der Waals surface area contributed by atoms with Crippen molar-refractivity contribution in [2.45, 2.75) is 4.90 Å². The number of carbonyl (C=O) groups excluding carboxylic acids is 1. The third-order valence-corrected chi connectivity index (χ3v) is 7.89. The SMILES string of the molecule is COc1ccc(S(=O)(=O)Nc2cccc(C(=O)N=c3sc4cc5c(cc4n3C)OCCO5)c2)cc1. The number of benzene rings is 3. The number of fused-ring (bicyclic) bond motifs is 2. The Balaban J connectivity index is 1.42. The molecule has 180 valence electrons. The number of methoxy groups -OCH3 is 1. The van der Waals surface area contributed by atoms with Gasteiger partial charge < -0.3 is 18.8 Å². The molecule has 0 spiro atoms. The molecule has 0 bridgehead atoms. The number of anilines is 1. The third kappa shape index (κ3) is 4.60. The van der Waals surface area contributed by atoms with Crippen molar-refractivity contribution in [3.8, 4) is 17.2 Å². The molecule has 0 aliphatic carbocycles. The van der Waals surface area contributed by atoms with Crippen molar-refractivity contribution < 1.29 is 27.4 Å². The molecule has 1 aliphatic rings. The Bertz CT molecular complexity index is 1600. The van der Waals surface area contributed by atoms with Crippen LogP contribution in [0.15, 0.2) is 70.6 Å². The molecular weight excluding hydrogens is 490 g/mol. The molecule has 35 heavy (non-hydrogen) atoms. The first-order chi connectivity index (χ1) is 16.8. The molecule has 0 fully saturated rings. The van der Waals surface area contributed by atoms with Crippen LogP contribution in [0.4, 0.5) is 5.69 Å². The number of sulfonamides is 1. The Hall–Kier alpha value is -3.83. The maximum absolute atomic E-state index is 12.9. The molecule has 2 heterocycles. The van der Waals surface area contributed by atoms with Gasteiger partial charge in [0.25, 0.3) is 15.9 Å². The molecule has 1 amide bonds. The van der Waals surface area contributed by atoms with Gasteiger partial charge in [-0.05, 0) is 42.5 Å². The first-order valence-corrected chi connectivity index (χ1v) is 12.9. The molecule has 1 N–H and O–H groups in total. The fourth-order valence-corrected chi connectivity index (χ4v) is 5.68. The normalized spacial score (nSPS) is 13.6. The third-order valence-electron chi connectivity index (χ3n) is 5.40. The molecule has 3 aromatic carbocycles. The average molecular weight is 512 g/mol. The van der Waals surface area contributed by atoms with E-state index >= 15 is 0 Å². The number of nitrogens with zero attached hydrogens (tertiary/aromatic N) is 2. The van der Waals surface area contributed by atoms with Crippen molar-refractivity contribution in [1.82, 2.24) is 4.57 Å². The second kappa shape index (κ2) is 9.08. The summed E-state index contributed by atoms with van der Waals surface area (Å²) in [6, 6.07) is 16.0. The van der Waals surface area contributed by atoms with Crippen LogP contribution in [0.2, 0.25) is 0 Å². The number of hydrogen-bond acceptors (Lipinski definition) is 7. The fourth-order valence-electron chi connectivity index (χ4n) is 3.61. The van der Waals surface area contributed by atoms with Gasteiger partial charge in [0.05, 0.1) is 22.2 Å². The van der Waals surface area contributed by atoms with Crippen molar-refractivity contribution in [3.63, 3.8) is 0 Å². The number of hydrogen-bond donors (Lipinski definition) is 1. The Kier molecular flexibility index (Phi) is 5.95. The van der Waals surface area contributed by atoms with Crippen LogP contribution in [0, 0.1) is 0 Å². The summed E-state index contributed by atoms with van der Waals surface area (Å²) >= 11 is 1.35. The topological polar surface area (TPSA) is 108 Å². The van der Waals surface area contributed by atoms with Gasteiger partial charge in [-0.2, -0.15) is 4.99 Å². The second-order valence-corrected chi connectivity index (χ2v) is 10.4. The quantitative estimate of drug-likeness (QED) is 0.439. The molecule has 1 aliphatic heterocycles. The lowest BCUT2D eigenvalue weighted by Crippen LogP contribution is -2.16. The molecule has 0 atom stereocenters. The van der Waals surface area contributed by atoms with Gasteiger partial charge in [-0.15, -0.1) is 0 Å². The summed E-state index contributed by atoms with van der Waals surface area (Å²) in [5.74, 6) is 1.38. The average Bonchev–Trinajstić information content (AvgIpc) is 3.16. The van der Waals surface area contributed by atoms with E-state index in [0.717, 1.165) is 10.2 Å². The van der Waals surface area contributed by atoms with Crippen molar-refractivity contribution in [3.05, 3.63) is 71.0 Å². The van der Waals surface area contributed by atoms with E-state index in [1.54, 1.807) is 30.3 Å². The lowest BCUT2D eigenvalue weighted by atomic mass is 10.2. The summed E-state index contributed by atoms with van der Waals surface area (Å²) in [5, 5.41) is 0. The summed E-state index contributed by atoms with van der Waals surface area (Å²) in [6.45, 7) is 0.977. The largest absolute Gasteiger partial charge is 0.497 e. The fraction of sp³-hybridized carbons (Fsp3) is 0.167. The minimum atomic E-state index is -3.85. The van der Waals surface area contributed by atoms with E-state index in [0.29, 0.717) is 35.3 Å². The first-order valence-electron chi connectivity index (χ1n) is 10.6. The second-order valence-electron chi connectivity index (χ2n) is 7.69. The zero-order chi connectivity index (χ0) is 24.6. The highest BCUT2D eigenvalue weighted by atomic mass is 32.2. The van der Waals surface area contributed by atoms with E-state index in [2.05, 4.69) is 9.71 Å². The Labute approximate surface area is 205 Å². The minimum Gasteiger partial charge on any atom is -0.497 e. The zero-order valence-corrected chi connectivity index (χ0v) is 20.5. The number of rotatable bonds is 5. The van der Waals surface area contributed by atoms with Gasteiger partial charge in [-0.25, -0.2) is 8.42 Å². The molecule has 0 saturated carbocycles. The highest BCUT2D eigenvalue weighted by Gasteiger charge is 2.17. The molecule has 11 heteroatoms. The van der Waals surface area contributed by atoms with Crippen molar-refractivity contribution in [1.29, 1.82) is 0 Å². The zero-order valence-electron chi connectivity index (χ0n) is 18.8. The van der Waals surface area contributed by atoms with E-state index in [9.17, 15) is 13.2 Å². The summed E-state index contributed by atoms with van der Waals surface area (Å²) < 4.78 is 47.1. The van der Waals surface area contributed by atoms with E-state index in [1.807, 2.05) is 23.7 Å². The molecule has 5 rings (SSSR count). The van der Waals surface area contributed by atoms with E-state index in [4.69, 9.17) is 14.2 Å². The molecule has 4 aromatic rings. The summed E-state index contributed by atoms with van der Waals surface area (Å²) in [5.41, 5.74) is 1.37. The van der Waals surface area contributed by atoms with Gasteiger partial charge in [-0.1, -0.05) is 17.4 Å². The predicted octanol–water partition coefficient (Wildman–Crippen LogP) is 3.56. The van der Waals surface area contributed by atoms with Crippen LogP contribution in [-0.4, -0.2) is 39.2 Å². The molecule has 0 radical (unpaired) electrons. The Morgan fingerprint density at radius 2 is 1.77 bits per heavy atom. The van der Waals surface area contributed by atoms with E-state index in [1.165, 1.54) is 36.6 Å². The van der Waals surface area contributed by atoms with Gasteiger partial charge in [0.1, 0.15) is 19.0 Å². The predicted molar refractivity (Wildman–Crippen MR) is 132 cm³/mol. The molecular formula is C24H21N3O6S2. The Morgan fingerprint density at radius 1 is 1.06 bits per heavy atom. The van der Waals surface area contributed by atoms with Crippen molar-refractivity contribution in [2.75, 3.05) is 25.0 Å². The van der Waals surface area contributed by atoms with Crippen LogP contribution in [0.1, 0.15) is 10.4 Å². The number of carbonyl (C=O) groups is 1. The summed E-state index contributed by atoms with van der Waals surface area (Å²) in [4.78, 5) is 17.8. The summed E-state index contributed by atoms with van der Waals surface area (Å²) in [7, 11) is -0.521. The van der Waals surface area contributed by atoms with Crippen LogP contribution >= 0.6 is 11.3 Å².